The Morgan fingerprint density at radius 2 is 1.57 bits per heavy atom. The number of ether oxygens (including phenoxy) is 2. The summed E-state index contributed by atoms with van der Waals surface area (Å²) in [5.41, 5.74) is 1.05. The van der Waals surface area contributed by atoms with Gasteiger partial charge in [0.2, 0.25) is 11.8 Å². The summed E-state index contributed by atoms with van der Waals surface area (Å²) >= 11 is 0. The minimum absolute atomic E-state index is 0.104. The molecule has 0 spiro atoms. The number of carboxylic acids is 1. The molecule has 49 heavy (non-hydrogen) atoms. The van der Waals surface area contributed by atoms with Gasteiger partial charge in [-0.15, -0.1) is 0 Å². The zero-order valence-electron chi connectivity index (χ0n) is 27.1. The number of carboxylic acid groups (broad SMARTS) is 1. The van der Waals surface area contributed by atoms with E-state index in [-0.39, 0.29) is 69.5 Å². The lowest BCUT2D eigenvalue weighted by Gasteiger charge is -2.35. The van der Waals surface area contributed by atoms with Crippen molar-refractivity contribution >= 4 is 52.3 Å². The molecule has 2 aliphatic rings. The van der Waals surface area contributed by atoms with E-state index in [4.69, 9.17) is 9.47 Å². The number of pyridine rings is 1. The zero-order chi connectivity index (χ0) is 34.9. The van der Waals surface area contributed by atoms with Crippen LogP contribution < -0.4 is 15.0 Å². The maximum atomic E-state index is 13.5. The van der Waals surface area contributed by atoms with Gasteiger partial charge in [-0.25, -0.2) is 9.78 Å². The first-order valence-electron chi connectivity index (χ1n) is 16.0. The molecule has 3 aromatic rings. The number of aliphatic carboxylic acids is 1. The van der Waals surface area contributed by atoms with Crippen LogP contribution in [0.1, 0.15) is 30.3 Å². The van der Waals surface area contributed by atoms with E-state index in [2.05, 4.69) is 10.3 Å². The van der Waals surface area contributed by atoms with Crippen LogP contribution in [-0.4, -0.2) is 126 Å². The SMILES string of the molecule is CCOC(=O)N1CCN(C(=O)[C@H](CCC(=O)O)NC(=O)c2cc(OCC(=O)N3CCN(c4ccccc4)C(=O)C3)c3ccccc3n2)CC1. The van der Waals surface area contributed by atoms with Gasteiger partial charge in [-0.3, -0.25) is 24.0 Å². The molecule has 2 aliphatic heterocycles. The van der Waals surface area contributed by atoms with E-state index in [0.717, 1.165) is 5.69 Å². The van der Waals surface area contributed by atoms with E-state index in [1.165, 1.54) is 20.8 Å². The van der Waals surface area contributed by atoms with E-state index in [0.29, 0.717) is 24.0 Å². The molecule has 0 unspecified atom stereocenters. The van der Waals surface area contributed by atoms with Crippen LogP contribution in [0.2, 0.25) is 0 Å². The fraction of sp³-hybridized carbons (Fsp3) is 0.382. The van der Waals surface area contributed by atoms with Gasteiger partial charge < -0.3 is 39.5 Å². The monoisotopic (exact) mass is 674 g/mol. The summed E-state index contributed by atoms with van der Waals surface area (Å²) < 4.78 is 10.9. The lowest BCUT2D eigenvalue weighted by atomic mass is 10.1. The molecule has 2 aromatic carbocycles. The Morgan fingerprint density at radius 3 is 2.27 bits per heavy atom. The number of hydrogen-bond donors (Lipinski definition) is 2. The minimum Gasteiger partial charge on any atom is -0.483 e. The summed E-state index contributed by atoms with van der Waals surface area (Å²) in [6.45, 7) is 2.90. The van der Waals surface area contributed by atoms with Crippen molar-refractivity contribution in [1.82, 2.24) is 25.0 Å². The molecular weight excluding hydrogens is 636 g/mol. The lowest BCUT2D eigenvalue weighted by molar-refractivity contribution is -0.138. The number of nitrogens with one attached hydrogen (secondary N) is 1. The fourth-order valence-corrected chi connectivity index (χ4v) is 5.68. The lowest BCUT2D eigenvalue weighted by Crippen LogP contribution is -2.56. The zero-order valence-corrected chi connectivity index (χ0v) is 27.1. The quantitative estimate of drug-likeness (QED) is 0.304. The van der Waals surface area contributed by atoms with Gasteiger partial charge in [-0.2, -0.15) is 0 Å². The Hall–Kier alpha value is -5.73. The normalized spacial score (nSPS) is 15.5. The number of piperazine rings is 2. The van der Waals surface area contributed by atoms with Crippen LogP contribution >= 0.6 is 0 Å². The number of rotatable bonds is 11. The smallest absolute Gasteiger partial charge is 0.409 e. The Bertz CT molecular complexity index is 1710. The molecule has 5 amide bonds. The Kier molecular flexibility index (Phi) is 11.2. The maximum absolute atomic E-state index is 13.5. The van der Waals surface area contributed by atoms with Gasteiger partial charge in [-0.1, -0.05) is 30.3 Å². The number of hydrogen-bond acceptors (Lipinski definition) is 9. The van der Waals surface area contributed by atoms with Crippen molar-refractivity contribution in [3.8, 4) is 5.75 Å². The third kappa shape index (κ3) is 8.60. The highest BCUT2D eigenvalue weighted by molar-refractivity contribution is 6.00. The van der Waals surface area contributed by atoms with Crippen molar-refractivity contribution in [2.24, 2.45) is 0 Å². The molecule has 2 saturated heterocycles. The number of nitrogens with zero attached hydrogens (tertiary/aromatic N) is 5. The summed E-state index contributed by atoms with van der Waals surface area (Å²) in [6, 6.07) is 16.3. The van der Waals surface area contributed by atoms with Crippen LogP contribution in [0.3, 0.4) is 0 Å². The van der Waals surface area contributed by atoms with Crippen LogP contribution in [-0.2, 0) is 23.9 Å². The van der Waals surface area contributed by atoms with Crippen molar-refractivity contribution in [2.45, 2.75) is 25.8 Å². The molecule has 2 fully saturated rings. The van der Waals surface area contributed by atoms with Gasteiger partial charge in [0, 0.05) is 62.8 Å². The first-order valence-corrected chi connectivity index (χ1v) is 16.0. The van der Waals surface area contributed by atoms with Gasteiger partial charge >= 0.3 is 12.1 Å². The summed E-state index contributed by atoms with van der Waals surface area (Å²) in [6.07, 6.45) is -1.02. The van der Waals surface area contributed by atoms with Crippen molar-refractivity contribution < 1.29 is 43.3 Å². The topological polar surface area (TPSA) is 179 Å². The van der Waals surface area contributed by atoms with Crippen molar-refractivity contribution in [3.05, 3.63) is 66.4 Å². The van der Waals surface area contributed by atoms with Crippen LogP contribution in [0.5, 0.6) is 5.75 Å². The van der Waals surface area contributed by atoms with Crippen molar-refractivity contribution in [2.75, 3.05) is 63.9 Å². The largest absolute Gasteiger partial charge is 0.483 e. The average Bonchev–Trinajstić information content (AvgIpc) is 3.12. The molecule has 0 aliphatic carbocycles. The van der Waals surface area contributed by atoms with E-state index < -0.39 is 42.4 Å². The van der Waals surface area contributed by atoms with Gasteiger partial charge in [-0.05, 0) is 37.6 Å². The van der Waals surface area contributed by atoms with E-state index in [1.807, 2.05) is 30.3 Å². The third-order valence-electron chi connectivity index (χ3n) is 8.27. The molecule has 5 rings (SSSR count). The average molecular weight is 675 g/mol. The molecule has 2 N–H and O–H groups in total. The molecule has 15 nitrogen and oxygen atoms in total. The highest BCUT2D eigenvalue weighted by atomic mass is 16.6. The number of fused-ring (bicyclic) bond motifs is 1. The summed E-state index contributed by atoms with van der Waals surface area (Å²) in [4.78, 5) is 86.8. The molecule has 1 atom stereocenters. The van der Waals surface area contributed by atoms with Gasteiger partial charge in [0.15, 0.2) is 6.61 Å². The van der Waals surface area contributed by atoms with Crippen molar-refractivity contribution in [1.29, 1.82) is 0 Å². The first kappa shape index (κ1) is 34.6. The molecule has 1 aromatic heterocycles. The fourth-order valence-electron chi connectivity index (χ4n) is 5.68. The van der Waals surface area contributed by atoms with E-state index >= 15 is 0 Å². The number of aromatic nitrogens is 1. The maximum Gasteiger partial charge on any atom is 0.409 e. The predicted octanol–water partition coefficient (Wildman–Crippen LogP) is 1.75. The van der Waals surface area contributed by atoms with Gasteiger partial charge in [0.05, 0.1) is 12.1 Å². The van der Waals surface area contributed by atoms with Gasteiger partial charge in [0.25, 0.3) is 11.8 Å². The molecule has 258 valence electrons. The highest BCUT2D eigenvalue weighted by Gasteiger charge is 2.32. The number of anilines is 1. The molecule has 0 bridgehead atoms. The summed E-state index contributed by atoms with van der Waals surface area (Å²) in [5.74, 6) is -2.78. The second kappa shape index (κ2) is 15.9. The summed E-state index contributed by atoms with van der Waals surface area (Å²) in [5, 5.41) is 12.5. The minimum atomic E-state index is -1.18. The predicted molar refractivity (Wildman–Crippen MR) is 176 cm³/mol. The van der Waals surface area contributed by atoms with Gasteiger partial charge in [0.1, 0.15) is 24.0 Å². The molecular formula is C34H38N6O9. The first-order chi connectivity index (χ1) is 23.6. The molecule has 0 saturated carbocycles. The second-order valence-electron chi connectivity index (χ2n) is 11.5. The third-order valence-corrected chi connectivity index (χ3v) is 8.27. The number of para-hydroxylation sites is 2. The number of carbonyl (C=O) groups is 6. The van der Waals surface area contributed by atoms with Crippen molar-refractivity contribution in [3.63, 3.8) is 0 Å². The number of carbonyl (C=O) groups excluding carboxylic acids is 5. The standard InChI is InChI=1S/C34H38N6O9/c1-2-48-34(47)38-16-14-37(15-17-38)33(46)26(12-13-31(43)44)36-32(45)27-20-28(24-10-6-7-11-25(24)35-27)49-22-30(42)39-18-19-40(29(41)21-39)23-8-4-3-5-9-23/h3-11,20,26H,2,12-19,21-22H2,1H3,(H,36,45)(H,43,44)/t26-/m0/s1. The van der Waals surface area contributed by atoms with Crippen LogP contribution in [0, 0.1) is 0 Å². The van der Waals surface area contributed by atoms with E-state index in [9.17, 15) is 33.9 Å². The molecule has 3 heterocycles. The Morgan fingerprint density at radius 1 is 0.898 bits per heavy atom. The number of amides is 5. The highest BCUT2D eigenvalue weighted by Crippen LogP contribution is 2.26. The molecule has 0 radical (unpaired) electrons. The molecule has 15 heteroatoms. The summed E-state index contributed by atoms with van der Waals surface area (Å²) in [7, 11) is 0. The Balaban J connectivity index is 1.26. The second-order valence-corrected chi connectivity index (χ2v) is 11.5. The Labute approximate surface area is 282 Å². The van der Waals surface area contributed by atoms with Crippen LogP contribution in [0.25, 0.3) is 10.9 Å². The van der Waals surface area contributed by atoms with Crippen LogP contribution in [0.15, 0.2) is 60.7 Å². The van der Waals surface area contributed by atoms with E-state index in [1.54, 1.807) is 36.1 Å². The number of benzene rings is 2. The van der Waals surface area contributed by atoms with Crippen LogP contribution in [0.4, 0.5) is 10.5 Å².